The molecular formula is C27H29NO6. The summed E-state index contributed by atoms with van der Waals surface area (Å²) in [6.45, 7) is 0. The van der Waals surface area contributed by atoms with E-state index in [0.717, 1.165) is 5.56 Å². The second kappa shape index (κ2) is 11.1. The van der Waals surface area contributed by atoms with Gasteiger partial charge in [0.1, 0.15) is 17.4 Å². The molecule has 0 aliphatic carbocycles. The number of benzene rings is 2. The average molecular weight is 464 g/mol. The lowest BCUT2D eigenvalue weighted by atomic mass is 9.91. The minimum atomic E-state index is -0.582. The van der Waals surface area contributed by atoms with Crippen molar-refractivity contribution in [3.63, 3.8) is 0 Å². The number of hydrogen-bond donors (Lipinski definition) is 3. The number of aromatic hydroxyl groups is 1. The monoisotopic (exact) mass is 463 g/mol. The summed E-state index contributed by atoms with van der Waals surface area (Å²) in [7, 11) is 0. The molecule has 34 heavy (non-hydrogen) atoms. The molecule has 4 rings (SSSR count). The molecule has 0 saturated carbocycles. The zero-order valence-electron chi connectivity index (χ0n) is 18.8. The molecule has 7 heteroatoms. The Kier molecular flexibility index (Phi) is 7.77. The summed E-state index contributed by atoms with van der Waals surface area (Å²) in [4.78, 5) is 25.0. The number of ether oxygens (including phenoxy) is 2. The molecule has 178 valence electrons. The van der Waals surface area contributed by atoms with Gasteiger partial charge in [-0.15, -0.1) is 0 Å². The van der Waals surface area contributed by atoms with Crippen LogP contribution in [-0.4, -0.2) is 46.5 Å². The number of fused-ring (bicyclic) bond motifs is 3. The molecular weight excluding hydrogens is 434 g/mol. The molecule has 2 aromatic carbocycles. The van der Waals surface area contributed by atoms with Crippen molar-refractivity contribution in [3.05, 3.63) is 83.6 Å². The van der Waals surface area contributed by atoms with Crippen LogP contribution in [0.4, 0.5) is 0 Å². The van der Waals surface area contributed by atoms with Crippen molar-refractivity contribution in [2.45, 2.75) is 56.5 Å². The lowest BCUT2D eigenvalue weighted by Crippen LogP contribution is -2.40. The highest BCUT2D eigenvalue weighted by Gasteiger charge is 2.34. The Bertz CT molecular complexity index is 1060. The van der Waals surface area contributed by atoms with E-state index in [4.69, 9.17) is 9.47 Å². The number of rotatable bonds is 5. The highest BCUT2D eigenvalue weighted by atomic mass is 16.5. The Balaban J connectivity index is 1.42. The first-order valence-corrected chi connectivity index (χ1v) is 11.5. The lowest BCUT2D eigenvalue weighted by Gasteiger charge is -2.36. The number of carbonyl (C=O) groups excluding carboxylic acids is 2. The Morgan fingerprint density at radius 1 is 1.06 bits per heavy atom. The first kappa shape index (κ1) is 23.7. The van der Waals surface area contributed by atoms with Crippen LogP contribution in [0.1, 0.15) is 47.2 Å². The van der Waals surface area contributed by atoms with Gasteiger partial charge in [-0.2, -0.15) is 0 Å². The average Bonchev–Trinajstić information content (AvgIpc) is 2.80. The fourth-order valence-corrected chi connectivity index (χ4v) is 4.45. The van der Waals surface area contributed by atoms with E-state index >= 15 is 0 Å². The number of esters is 1. The van der Waals surface area contributed by atoms with Crippen LogP contribution < -0.4 is 5.32 Å². The topological polar surface area (TPSA) is 105 Å². The van der Waals surface area contributed by atoms with E-state index in [2.05, 4.69) is 5.32 Å². The minimum Gasteiger partial charge on any atom is -0.507 e. The minimum absolute atomic E-state index is 0.136. The molecule has 2 bridgehead atoms. The Morgan fingerprint density at radius 3 is 2.68 bits per heavy atom. The van der Waals surface area contributed by atoms with Crippen molar-refractivity contribution in [3.8, 4) is 5.75 Å². The zero-order chi connectivity index (χ0) is 23.9. The fourth-order valence-electron chi connectivity index (χ4n) is 4.45. The van der Waals surface area contributed by atoms with Gasteiger partial charge in [-0.05, 0) is 42.5 Å². The van der Waals surface area contributed by atoms with Gasteiger partial charge in [-0.1, -0.05) is 48.5 Å². The van der Waals surface area contributed by atoms with E-state index < -0.39 is 18.2 Å². The van der Waals surface area contributed by atoms with Gasteiger partial charge in [0.2, 0.25) is 5.91 Å². The highest BCUT2D eigenvalue weighted by Crippen LogP contribution is 2.32. The second-order valence-electron chi connectivity index (χ2n) is 8.67. The first-order chi connectivity index (χ1) is 16.5. The van der Waals surface area contributed by atoms with Crippen LogP contribution in [0.2, 0.25) is 0 Å². The number of carbonyl (C=O) groups is 2. The molecule has 0 unspecified atom stereocenters. The van der Waals surface area contributed by atoms with Gasteiger partial charge in [-0.25, -0.2) is 4.79 Å². The van der Waals surface area contributed by atoms with E-state index in [1.165, 1.54) is 18.3 Å². The van der Waals surface area contributed by atoms with Crippen molar-refractivity contribution >= 4 is 18.0 Å². The van der Waals surface area contributed by atoms with Gasteiger partial charge in [-0.3, -0.25) is 4.79 Å². The smallest absolute Gasteiger partial charge is 0.342 e. The van der Waals surface area contributed by atoms with E-state index in [-0.39, 0.29) is 29.4 Å². The Labute approximate surface area is 198 Å². The van der Waals surface area contributed by atoms with Crippen molar-refractivity contribution in [2.75, 3.05) is 0 Å². The molecule has 0 spiro atoms. The van der Waals surface area contributed by atoms with Crippen molar-refractivity contribution in [1.82, 2.24) is 5.32 Å². The van der Waals surface area contributed by atoms with E-state index in [9.17, 15) is 19.8 Å². The summed E-state index contributed by atoms with van der Waals surface area (Å²) in [5.74, 6) is -0.993. The van der Waals surface area contributed by atoms with Crippen LogP contribution in [0.3, 0.4) is 0 Å². The summed E-state index contributed by atoms with van der Waals surface area (Å²) >= 11 is 0. The molecule has 7 nitrogen and oxygen atoms in total. The van der Waals surface area contributed by atoms with Crippen LogP contribution in [0.5, 0.6) is 5.75 Å². The Morgan fingerprint density at radius 2 is 1.85 bits per heavy atom. The van der Waals surface area contributed by atoms with Crippen molar-refractivity contribution in [1.29, 1.82) is 0 Å². The molecule has 1 amide bonds. The summed E-state index contributed by atoms with van der Waals surface area (Å²) in [5, 5.41) is 23.3. The summed E-state index contributed by atoms with van der Waals surface area (Å²) in [6.07, 6.45) is 7.01. The molecule has 3 N–H and O–H groups in total. The number of aliphatic hydroxyl groups excluding tert-OH is 1. The summed E-state index contributed by atoms with van der Waals surface area (Å²) in [5.41, 5.74) is 1.70. The number of nitrogens with one attached hydrogen (secondary N) is 1. The van der Waals surface area contributed by atoms with E-state index in [1.807, 2.05) is 30.3 Å². The van der Waals surface area contributed by atoms with Crippen LogP contribution in [0.25, 0.3) is 6.08 Å². The summed E-state index contributed by atoms with van der Waals surface area (Å²) in [6, 6.07) is 14.4. The maximum Gasteiger partial charge on any atom is 0.342 e. The van der Waals surface area contributed by atoms with Crippen LogP contribution in [0.15, 0.2) is 66.9 Å². The molecule has 2 aliphatic heterocycles. The van der Waals surface area contributed by atoms with E-state index in [1.54, 1.807) is 24.3 Å². The quantitative estimate of drug-likeness (QED) is 0.463. The third kappa shape index (κ3) is 6.34. The Hall–Kier alpha value is -3.42. The molecule has 2 aliphatic rings. The molecule has 0 radical (unpaired) electrons. The van der Waals surface area contributed by atoms with Gasteiger partial charge in [0, 0.05) is 25.1 Å². The first-order valence-electron chi connectivity index (χ1n) is 11.5. The van der Waals surface area contributed by atoms with Gasteiger partial charge in [0.05, 0.1) is 18.3 Å². The number of aliphatic hydroxyl groups is 1. The maximum absolute atomic E-state index is 12.9. The summed E-state index contributed by atoms with van der Waals surface area (Å²) < 4.78 is 11.9. The number of phenolic OH excluding ortho intramolecular Hbond substituents is 1. The van der Waals surface area contributed by atoms with Gasteiger partial charge in [0.25, 0.3) is 0 Å². The van der Waals surface area contributed by atoms with E-state index in [0.29, 0.717) is 37.7 Å². The predicted octanol–water partition coefficient (Wildman–Crippen LogP) is 3.51. The molecule has 4 atom stereocenters. The molecule has 2 aromatic rings. The van der Waals surface area contributed by atoms with Crippen molar-refractivity contribution in [2.24, 2.45) is 0 Å². The highest BCUT2D eigenvalue weighted by molar-refractivity contribution is 5.94. The third-order valence-corrected chi connectivity index (χ3v) is 6.00. The standard InChI is InChI=1S/C27H29NO6/c29-20-15-22-14-19-8-4-10-24(30)26(19)27(32)34-21(17-23(16-20)33-22)9-5-13-28-25(31)12-11-18-6-2-1-3-7-18/h1-8,10-13,20-23,29-30H,9,14-17H2,(H,28,31)/b12-11+,13-5+/t20-,21+,22+,23-/m1/s1. The van der Waals surface area contributed by atoms with Crippen molar-refractivity contribution < 1.29 is 29.3 Å². The molecule has 2 heterocycles. The normalized spacial score (nSPS) is 25.0. The molecule has 0 aromatic heterocycles. The lowest BCUT2D eigenvalue weighted by molar-refractivity contribution is -0.115. The second-order valence-corrected chi connectivity index (χ2v) is 8.67. The zero-order valence-corrected chi connectivity index (χ0v) is 18.8. The number of cyclic esters (lactones) is 1. The van der Waals surface area contributed by atoms with Crippen LogP contribution in [0, 0.1) is 0 Å². The number of hydrogen-bond acceptors (Lipinski definition) is 6. The predicted molar refractivity (Wildman–Crippen MR) is 127 cm³/mol. The SMILES string of the molecule is O=C(/C=C/c1ccccc1)N/C=C/C[C@H]1C[C@H]2C[C@H](O)C[C@H](Cc3cccc(O)c3C(=O)O1)O2. The van der Waals surface area contributed by atoms with Crippen LogP contribution in [-0.2, 0) is 20.7 Å². The van der Waals surface area contributed by atoms with Gasteiger partial charge >= 0.3 is 5.97 Å². The van der Waals surface area contributed by atoms with Gasteiger partial charge < -0.3 is 25.0 Å². The van der Waals surface area contributed by atoms with Crippen LogP contribution >= 0.6 is 0 Å². The maximum atomic E-state index is 12.9. The number of phenols is 1. The fraction of sp³-hybridized carbons (Fsp3) is 0.333. The third-order valence-electron chi connectivity index (χ3n) is 6.00. The largest absolute Gasteiger partial charge is 0.507 e. The number of amides is 1. The van der Waals surface area contributed by atoms with Gasteiger partial charge in [0.15, 0.2) is 0 Å². The molecule has 1 fully saturated rings. The molecule has 1 saturated heterocycles.